The van der Waals surface area contributed by atoms with Gasteiger partial charge >= 0.3 is 6.18 Å². The van der Waals surface area contributed by atoms with Gasteiger partial charge in [0.15, 0.2) is 0 Å². The normalized spacial score (nSPS) is 14.3. The van der Waals surface area contributed by atoms with Gasteiger partial charge in [0.25, 0.3) is 0 Å². The zero-order valence-corrected chi connectivity index (χ0v) is 12.5. The molecule has 0 saturated carbocycles. The van der Waals surface area contributed by atoms with E-state index in [0.29, 0.717) is 18.7 Å². The van der Waals surface area contributed by atoms with Crippen LogP contribution in [0.25, 0.3) is 0 Å². The molecule has 114 valence electrons. The van der Waals surface area contributed by atoms with Crippen molar-refractivity contribution in [1.82, 2.24) is 0 Å². The molecule has 0 radical (unpaired) electrons. The lowest BCUT2D eigenvalue weighted by Crippen LogP contribution is -2.23. The largest absolute Gasteiger partial charge is 0.416 e. The molecule has 2 N–H and O–H groups in total. The highest BCUT2D eigenvalue weighted by atomic mass is 32.2. The van der Waals surface area contributed by atoms with Gasteiger partial charge in [0.2, 0.25) is 0 Å². The van der Waals surface area contributed by atoms with Crippen LogP contribution in [0.3, 0.4) is 0 Å². The second kappa shape index (κ2) is 6.72. The lowest BCUT2D eigenvalue weighted by atomic mass is 9.88. The molecule has 20 heavy (non-hydrogen) atoms. The Labute approximate surface area is 120 Å². The first-order chi connectivity index (χ1) is 9.15. The molecule has 1 aromatic carbocycles. The molecule has 0 aliphatic rings. The Balaban J connectivity index is 2.65. The molecule has 1 unspecified atom stereocenters. The highest BCUT2D eigenvalue weighted by Crippen LogP contribution is 2.30. The molecule has 0 heterocycles. The molecule has 0 bridgehead atoms. The molecule has 0 amide bonds. The summed E-state index contributed by atoms with van der Waals surface area (Å²) >= 11 is 0. The van der Waals surface area contributed by atoms with Crippen LogP contribution in [0.5, 0.6) is 0 Å². The maximum absolute atomic E-state index is 12.6. The van der Waals surface area contributed by atoms with E-state index in [1.165, 1.54) is 12.1 Å². The van der Waals surface area contributed by atoms with E-state index in [1.54, 1.807) is 0 Å². The summed E-state index contributed by atoms with van der Waals surface area (Å²) in [6.07, 6.45) is -2.93. The number of alkyl halides is 3. The Morgan fingerprint density at radius 1 is 1.25 bits per heavy atom. The van der Waals surface area contributed by atoms with Gasteiger partial charge in [-0.2, -0.15) is 13.2 Å². The Bertz CT molecular complexity index is 472. The summed E-state index contributed by atoms with van der Waals surface area (Å²) < 4.78 is 49.7. The van der Waals surface area contributed by atoms with Crippen molar-refractivity contribution < 1.29 is 17.4 Å². The third-order valence-electron chi connectivity index (χ3n) is 3.16. The highest BCUT2D eigenvalue weighted by Gasteiger charge is 2.30. The second-order valence-electron chi connectivity index (χ2n) is 5.55. The molecule has 0 aliphatic carbocycles. The molecular weight excluding hydrogens is 287 g/mol. The predicted molar refractivity (Wildman–Crippen MR) is 74.8 cm³/mol. The van der Waals surface area contributed by atoms with Gasteiger partial charge in [-0.05, 0) is 43.0 Å². The van der Waals surface area contributed by atoms with Crippen LogP contribution in [0, 0.1) is 5.41 Å². The zero-order chi connectivity index (χ0) is 15.4. The monoisotopic (exact) mass is 307 g/mol. The van der Waals surface area contributed by atoms with E-state index in [1.807, 2.05) is 13.8 Å². The van der Waals surface area contributed by atoms with E-state index in [4.69, 9.17) is 5.73 Å². The van der Waals surface area contributed by atoms with Crippen LogP contribution in [-0.4, -0.2) is 16.5 Å². The molecule has 6 heteroatoms. The van der Waals surface area contributed by atoms with E-state index >= 15 is 0 Å². The average Bonchev–Trinajstić information content (AvgIpc) is 2.37. The lowest BCUT2D eigenvalue weighted by Gasteiger charge is -2.21. The van der Waals surface area contributed by atoms with E-state index in [9.17, 15) is 17.4 Å². The Morgan fingerprint density at radius 2 is 1.90 bits per heavy atom. The van der Waals surface area contributed by atoms with Crippen LogP contribution in [0.1, 0.15) is 32.3 Å². The van der Waals surface area contributed by atoms with Crippen LogP contribution >= 0.6 is 0 Å². The summed E-state index contributed by atoms with van der Waals surface area (Å²) in [6.45, 7) is 4.56. The number of benzene rings is 1. The van der Waals surface area contributed by atoms with Crippen molar-refractivity contribution in [3.8, 4) is 0 Å². The molecule has 1 aromatic rings. The van der Waals surface area contributed by atoms with E-state index in [-0.39, 0.29) is 10.3 Å². The van der Waals surface area contributed by atoms with Crippen molar-refractivity contribution in [2.24, 2.45) is 11.1 Å². The minimum atomic E-state index is -4.40. The highest BCUT2D eigenvalue weighted by molar-refractivity contribution is 7.85. The lowest BCUT2D eigenvalue weighted by molar-refractivity contribution is -0.137. The minimum Gasteiger partial charge on any atom is -0.330 e. The maximum Gasteiger partial charge on any atom is 0.416 e. The van der Waals surface area contributed by atoms with Gasteiger partial charge in [-0.15, -0.1) is 0 Å². The number of hydrogen-bond acceptors (Lipinski definition) is 2. The summed E-state index contributed by atoms with van der Waals surface area (Å²) in [7, 11) is -1.41. The topological polar surface area (TPSA) is 43.1 Å². The molecule has 0 saturated heterocycles. The van der Waals surface area contributed by atoms with Crippen molar-refractivity contribution in [2.75, 3.05) is 12.3 Å². The number of halogens is 3. The van der Waals surface area contributed by atoms with Gasteiger partial charge in [0.05, 0.1) is 16.4 Å². The summed E-state index contributed by atoms with van der Waals surface area (Å²) in [5.41, 5.74) is 4.81. The molecule has 2 nitrogen and oxygen atoms in total. The summed E-state index contributed by atoms with van der Waals surface area (Å²) in [4.78, 5) is 0.227. The number of nitrogens with two attached hydrogens (primary N) is 1. The van der Waals surface area contributed by atoms with Crippen molar-refractivity contribution in [3.63, 3.8) is 0 Å². The number of hydrogen-bond donors (Lipinski definition) is 1. The summed E-state index contributed by atoms with van der Waals surface area (Å²) in [5.74, 6) is 0.352. The maximum atomic E-state index is 12.6. The minimum absolute atomic E-state index is 0.0297. The standard InChI is InChI=1S/C14H20F3NOS/c1-13(2,10-18)7-4-8-20(19)12-6-3-5-11(9-12)14(15,16)17/h3,5-6,9H,4,7-8,10,18H2,1-2H3. The SMILES string of the molecule is CC(C)(CN)CCCS(=O)c1cccc(C(F)(F)F)c1. The molecule has 1 rings (SSSR count). The second-order valence-corrected chi connectivity index (χ2v) is 7.12. The van der Waals surface area contributed by atoms with Gasteiger partial charge in [-0.1, -0.05) is 19.9 Å². The Kier molecular flexibility index (Phi) is 5.77. The van der Waals surface area contributed by atoms with E-state index in [2.05, 4.69) is 0 Å². The van der Waals surface area contributed by atoms with Gasteiger partial charge in [0, 0.05) is 10.6 Å². The van der Waals surface area contributed by atoms with Gasteiger partial charge in [0.1, 0.15) is 0 Å². The fraction of sp³-hybridized carbons (Fsp3) is 0.571. The van der Waals surface area contributed by atoms with Crippen LogP contribution in [0.2, 0.25) is 0 Å². The van der Waals surface area contributed by atoms with Crippen LogP contribution in [0.15, 0.2) is 29.2 Å². The smallest absolute Gasteiger partial charge is 0.330 e. The molecule has 0 aliphatic heterocycles. The van der Waals surface area contributed by atoms with E-state index < -0.39 is 22.5 Å². The van der Waals surface area contributed by atoms with E-state index in [0.717, 1.165) is 18.6 Å². The third kappa shape index (κ3) is 5.25. The van der Waals surface area contributed by atoms with Crippen molar-refractivity contribution in [2.45, 2.75) is 37.8 Å². The van der Waals surface area contributed by atoms with Crippen molar-refractivity contribution >= 4 is 10.8 Å². The fourth-order valence-corrected chi connectivity index (χ4v) is 2.85. The van der Waals surface area contributed by atoms with Crippen molar-refractivity contribution in [3.05, 3.63) is 29.8 Å². The van der Waals surface area contributed by atoms with Crippen molar-refractivity contribution in [1.29, 1.82) is 0 Å². The van der Waals surface area contributed by atoms with Crippen LogP contribution in [-0.2, 0) is 17.0 Å². The summed E-state index contributed by atoms with van der Waals surface area (Å²) in [6, 6.07) is 4.71. The van der Waals surface area contributed by atoms with Gasteiger partial charge in [-0.25, -0.2) is 0 Å². The van der Waals surface area contributed by atoms with Crippen LogP contribution < -0.4 is 5.73 Å². The molecule has 0 fully saturated rings. The fourth-order valence-electron chi connectivity index (χ4n) is 1.72. The first-order valence-electron chi connectivity index (χ1n) is 6.41. The summed E-state index contributed by atoms with van der Waals surface area (Å²) in [5, 5.41) is 0. The average molecular weight is 307 g/mol. The van der Waals surface area contributed by atoms with Crippen LogP contribution in [0.4, 0.5) is 13.2 Å². The third-order valence-corrected chi connectivity index (χ3v) is 4.60. The number of rotatable bonds is 6. The Morgan fingerprint density at radius 3 is 2.45 bits per heavy atom. The van der Waals surface area contributed by atoms with Gasteiger partial charge in [-0.3, -0.25) is 4.21 Å². The molecule has 1 atom stereocenters. The first-order valence-corrected chi connectivity index (χ1v) is 7.73. The Hall–Kier alpha value is -0.880. The quantitative estimate of drug-likeness (QED) is 0.873. The molecule has 0 spiro atoms. The zero-order valence-electron chi connectivity index (χ0n) is 11.7. The molecule has 0 aromatic heterocycles. The molecular formula is C14H20F3NOS. The first kappa shape index (κ1) is 17.2. The predicted octanol–water partition coefficient (Wildman–Crippen LogP) is 3.58. The van der Waals surface area contributed by atoms with Gasteiger partial charge < -0.3 is 5.73 Å².